The summed E-state index contributed by atoms with van der Waals surface area (Å²) in [5, 5.41) is 14.3. The van der Waals surface area contributed by atoms with Gasteiger partial charge in [0, 0.05) is 18.5 Å². The monoisotopic (exact) mass is 340 g/mol. The van der Waals surface area contributed by atoms with Crippen LogP contribution in [0.1, 0.15) is 12.5 Å². The van der Waals surface area contributed by atoms with Crippen molar-refractivity contribution in [2.75, 3.05) is 11.9 Å². The molecule has 0 spiro atoms. The van der Waals surface area contributed by atoms with Gasteiger partial charge in [-0.1, -0.05) is 18.2 Å². The molecule has 8 heteroatoms. The molecule has 0 aliphatic carbocycles. The summed E-state index contributed by atoms with van der Waals surface area (Å²) in [7, 11) is 0. The van der Waals surface area contributed by atoms with E-state index in [9.17, 15) is 14.9 Å². The molecule has 3 aromatic rings. The van der Waals surface area contributed by atoms with Crippen molar-refractivity contribution in [3.05, 3.63) is 74.7 Å². The fourth-order valence-corrected chi connectivity index (χ4v) is 2.43. The van der Waals surface area contributed by atoms with E-state index in [1.807, 2.05) is 13.0 Å². The minimum atomic E-state index is -0.733. The van der Waals surface area contributed by atoms with Crippen LogP contribution < -0.4 is 10.9 Å². The summed E-state index contributed by atoms with van der Waals surface area (Å²) in [5.74, 6) is -0.0882. The van der Waals surface area contributed by atoms with Gasteiger partial charge in [-0.05, 0) is 36.8 Å². The molecule has 0 aliphatic heterocycles. The van der Waals surface area contributed by atoms with Gasteiger partial charge < -0.3 is 10.1 Å². The Labute approximate surface area is 142 Å². The lowest BCUT2D eigenvalue weighted by Crippen LogP contribution is -2.20. The molecule has 0 aliphatic rings. The van der Waals surface area contributed by atoms with Gasteiger partial charge in [-0.25, -0.2) is 4.98 Å². The first-order chi connectivity index (χ1) is 12.1. The number of pyridine rings is 1. The van der Waals surface area contributed by atoms with Gasteiger partial charge in [0.1, 0.15) is 5.65 Å². The highest BCUT2D eigenvalue weighted by atomic mass is 16.6. The maximum Gasteiger partial charge on any atom is 0.376 e. The zero-order valence-electron chi connectivity index (χ0n) is 13.5. The molecule has 0 radical (unpaired) electrons. The van der Waals surface area contributed by atoms with Crippen LogP contribution in [0.15, 0.2) is 53.5 Å². The summed E-state index contributed by atoms with van der Waals surface area (Å²) in [4.78, 5) is 27.3. The lowest BCUT2D eigenvalue weighted by Gasteiger charge is -2.09. The molecule has 0 bridgehead atoms. The quantitative estimate of drug-likeness (QED) is 0.547. The first-order valence-corrected chi connectivity index (χ1v) is 7.69. The maximum atomic E-state index is 12.4. The zero-order valence-corrected chi connectivity index (χ0v) is 13.5. The van der Waals surface area contributed by atoms with Crippen molar-refractivity contribution in [2.45, 2.75) is 13.5 Å². The van der Waals surface area contributed by atoms with E-state index in [0.717, 1.165) is 9.96 Å². The Morgan fingerprint density at radius 2 is 2.12 bits per heavy atom. The summed E-state index contributed by atoms with van der Waals surface area (Å²) in [6.45, 7) is 2.92. The van der Waals surface area contributed by atoms with Crippen molar-refractivity contribution in [2.24, 2.45) is 0 Å². The number of hydrogen-bond acceptors (Lipinski definition) is 6. The second-order valence-corrected chi connectivity index (χ2v) is 5.26. The van der Waals surface area contributed by atoms with Crippen molar-refractivity contribution in [1.29, 1.82) is 0 Å². The summed E-state index contributed by atoms with van der Waals surface area (Å²) in [6.07, 6.45) is 1.45. The number of nitrogens with one attached hydrogen (secondary N) is 1. The van der Waals surface area contributed by atoms with Gasteiger partial charge in [0.15, 0.2) is 0 Å². The van der Waals surface area contributed by atoms with Crippen LogP contribution in [0.4, 0.5) is 17.2 Å². The number of ether oxygens (including phenoxy) is 1. The Balaban J connectivity index is 2.05. The van der Waals surface area contributed by atoms with Crippen molar-refractivity contribution in [3.63, 3.8) is 0 Å². The second-order valence-electron chi connectivity index (χ2n) is 5.26. The predicted molar refractivity (Wildman–Crippen MR) is 93.2 cm³/mol. The molecule has 8 nitrogen and oxygen atoms in total. The molecule has 0 atom stereocenters. The number of aromatic nitrogens is 2. The van der Waals surface area contributed by atoms with E-state index in [4.69, 9.17) is 4.74 Å². The molecule has 1 aromatic carbocycles. The first kappa shape index (κ1) is 16.6. The SMILES string of the molecule is CCOCc1cccc(Nc2nc3ccccn3c(=O)c2[N+](=O)[O-])c1. The van der Waals surface area contributed by atoms with Crippen LogP contribution in [0, 0.1) is 10.1 Å². The van der Waals surface area contributed by atoms with Gasteiger partial charge in [-0.2, -0.15) is 0 Å². The van der Waals surface area contributed by atoms with Gasteiger partial charge in [-0.3, -0.25) is 19.3 Å². The normalized spacial score (nSPS) is 10.8. The third-order valence-corrected chi connectivity index (χ3v) is 3.56. The highest BCUT2D eigenvalue weighted by Crippen LogP contribution is 2.23. The minimum Gasteiger partial charge on any atom is -0.377 e. The fourth-order valence-electron chi connectivity index (χ4n) is 2.43. The summed E-state index contributed by atoms with van der Waals surface area (Å²) in [6, 6.07) is 12.2. The standard InChI is InChI=1S/C17H16N4O4/c1-2-25-11-12-6-5-7-13(10-12)18-16-15(21(23)24)17(22)20-9-4-3-8-14(20)19-16/h3-10,18H,2,11H2,1H3. The molecular formula is C17H16N4O4. The Hall–Kier alpha value is -3.26. The molecule has 0 amide bonds. The molecule has 0 unspecified atom stereocenters. The summed E-state index contributed by atoms with van der Waals surface area (Å²) >= 11 is 0. The predicted octanol–water partition coefficient (Wildman–Crippen LogP) is 2.88. The highest BCUT2D eigenvalue weighted by Gasteiger charge is 2.23. The van der Waals surface area contributed by atoms with E-state index >= 15 is 0 Å². The molecule has 25 heavy (non-hydrogen) atoms. The number of benzene rings is 1. The van der Waals surface area contributed by atoms with Crippen molar-refractivity contribution in [3.8, 4) is 0 Å². The van der Waals surface area contributed by atoms with Crippen LogP contribution in [0.3, 0.4) is 0 Å². The molecule has 0 saturated carbocycles. The topological polar surface area (TPSA) is 98.8 Å². The Morgan fingerprint density at radius 1 is 1.28 bits per heavy atom. The number of nitrogens with zero attached hydrogens (tertiary/aromatic N) is 3. The van der Waals surface area contributed by atoms with Gasteiger partial charge in [0.05, 0.1) is 11.5 Å². The van der Waals surface area contributed by atoms with Crippen LogP contribution in [0.2, 0.25) is 0 Å². The van der Waals surface area contributed by atoms with Gasteiger partial charge >= 0.3 is 11.2 Å². The molecule has 3 rings (SSSR count). The maximum absolute atomic E-state index is 12.4. The van der Waals surface area contributed by atoms with E-state index in [1.54, 1.807) is 36.4 Å². The zero-order chi connectivity index (χ0) is 17.8. The van der Waals surface area contributed by atoms with Crippen LogP contribution in [0.5, 0.6) is 0 Å². The van der Waals surface area contributed by atoms with Crippen molar-refractivity contribution >= 4 is 22.8 Å². The van der Waals surface area contributed by atoms with Gasteiger partial charge in [0.25, 0.3) is 0 Å². The molecule has 128 valence electrons. The Kier molecular flexibility index (Phi) is 4.71. The van der Waals surface area contributed by atoms with E-state index in [2.05, 4.69) is 10.3 Å². The number of rotatable bonds is 6. The Morgan fingerprint density at radius 3 is 2.88 bits per heavy atom. The smallest absolute Gasteiger partial charge is 0.376 e. The fraction of sp³-hybridized carbons (Fsp3) is 0.176. The molecule has 0 fully saturated rings. The van der Waals surface area contributed by atoms with Crippen LogP contribution >= 0.6 is 0 Å². The van der Waals surface area contributed by atoms with Crippen molar-refractivity contribution in [1.82, 2.24) is 9.38 Å². The molecule has 1 N–H and O–H groups in total. The summed E-state index contributed by atoms with van der Waals surface area (Å²) < 4.78 is 6.51. The van der Waals surface area contributed by atoms with E-state index in [0.29, 0.717) is 24.5 Å². The Bertz CT molecular complexity index is 984. The average Bonchev–Trinajstić information content (AvgIpc) is 2.60. The first-order valence-electron chi connectivity index (χ1n) is 7.69. The lowest BCUT2D eigenvalue weighted by molar-refractivity contribution is -0.385. The molecular weight excluding hydrogens is 324 g/mol. The average molecular weight is 340 g/mol. The number of hydrogen-bond donors (Lipinski definition) is 1. The number of nitro groups is 1. The van der Waals surface area contributed by atoms with E-state index in [-0.39, 0.29) is 5.82 Å². The van der Waals surface area contributed by atoms with Gasteiger partial charge in [-0.15, -0.1) is 0 Å². The molecule has 0 saturated heterocycles. The molecule has 2 heterocycles. The second kappa shape index (κ2) is 7.10. The van der Waals surface area contributed by atoms with E-state index in [1.165, 1.54) is 6.20 Å². The molecule has 2 aromatic heterocycles. The van der Waals surface area contributed by atoms with Crippen LogP contribution in [0.25, 0.3) is 5.65 Å². The van der Waals surface area contributed by atoms with Crippen molar-refractivity contribution < 1.29 is 9.66 Å². The minimum absolute atomic E-state index is 0.0882. The number of anilines is 2. The number of fused-ring (bicyclic) bond motifs is 1. The highest BCUT2D eigenvalue weighted by molar-refractivity contribution is 5.67. The van der Waals surface area contributed by atoms with Gasteiger partial charge in [0.2, 0.25) is 5.82 Å². The lowest BCUT2D eigenvalue weighted by atomic mass is 10.2. The summed E-state index contributed by atoms with van der Waals surface area (Å²) in [5.41, 5.74) is 0.494. The third-order valence-electron chi connectivity index (χ3n) is 3.56. The third kappa shape index (κ3) is 3.48. The van der Waals surface area contributed by atoms with E-state index < -0.39 is 16.2 Å². The van der Waals surface area contributed by atoms with Crippen LogP contribution in [-0.2, 0) is 11.3 Å². The largest absolute Gasteiger partial charge is 0.377 e. The van der Waals surface area contributed by atoms with Crippen LogP contribution in [-0.4, -0.2) is 20.9 Å².